The molecule has 116 valence electrons. The molecule has 0 amide bonds. The molecule has 0 atom stereocenters. The molecule has 1 N–H and O–H groups in total. The van der Waals surface area contributed by atoms with Gasteiger partial charge in [-0.25, -0.2) is 9.64 Å². The van der Waals surface area contributed by atoms with Crippen molar-refractivity contribution in [1.82, 2.24) is 9.55 Å². The van der Waals surface area contributed by atoms with E-state index in [4.69, 9.17) is 18.2 Å². The molecule has 0 bridgehead atoms. The van der Waals surface area contributed by atoms with Crippen LogP contribution < -0.4 is 5.69 Å². The molecule has 0 radical (unpaired) electrons. The molecule has 0 unspecified atom stereocenters. The molecule has 0 aliphatic rings. The van der Waals surface area contributed by atoms with Gasteiger partial charge in [0, 0.05) is 0 Å². The van der Waals surface area contributed by atoms with Crippen LogP contribution in [0.2, 0.25) is 5.02 Å². The van der Waals surface area contributed by atoms with E-state index in [-0.39, 0.29) is 27.4 Å². The number of para-hydroxylation sites is 1. The zero-order chi connectivity index (χ0) is 16.8. The summed E-state index contributed by atoms with van der Waals surface area (Å²) in [5, 5.41) is 0.137. The Balaban J connectivity index is 2.50. The summed E-state index contributed by atoms with van der Waals surface area (Å²) in [6.45, 7) is 6.92. The van der Waals surface area contributed by atoms with Gasteiger partial charge in [0.05, 0.1) is 33.9 Å². The van der Waals surface area contributed by atoms with Gasteiger partial charge in [0.15, 0.2) is 5.69 Å². The van der Waals surface area contributed by atoms with Crippen LogP contribution in [0, 0.1) is 6.57 Å². The third kappa shape index (κ3) is 2.47. The predicted octanol–water partition coefficient (Wildman–Crippen LogP) is 4.54. The fraction of sp³-hybridized carbons (Fsp3) is 0.0667. The van der Waals surface area contributed by atoms with Crippen LogP contribution in [-0.2, 0) is 6.18 Å². The lowest BCUT2D eigenvalue weighted by atomic mass is 10.1. The van der Waals surface area contributed by atoms with Crippen LogP contribution in [0.4, 0.5) is 18.9 Å². The van der Waals surface area contributed by atoms with Crippen molar-refractivity contribution >= 4 is 28.3 Å². The van der Waals surface area contributed by atoms with E-state index in [1.54, 1.807) is 12.1 Å². The Labute approximate surface area is 132 Å². The number of hydrogen-bond donors (Lipinski definition) is 1. The Morgan fingerprint density at radius 3 is 2.52 bits per heavy atom. The smallest absolute Gasteiger partial charge is 0.306 e. The molecule has 4 nitrogen and oxygen atoms in total. The van der Waals surface area contributed by atoms with E-state index in [1.807, 2.05) is 0 Å². The van der Waals surface area contributed by atoms with Gasteiger partial charge in [0.1, 0.15) is 0 Å². The van der Waals surface area contributed by atoms with E-state index in [0.717, 1.165) is 10.6 Å². The van der Waals surface area contributed by atoms with Crippen molar-refractivity contribution in [1.29, 1.82) is 0 Å². The molecule has 8 heteroatoms. The summed E-state index contributed by atoms with van der Waals surface area (Å²) in [5.74, 6) is 0. The summed E-state index contributed by atoms with van der Waals surface area (Å²) < 4.78 is 41.0. The molecule has 0 fully saturated rings. The maximum atomic E-state index is 13.4. The summed E-state index contributed by atoms with van der Waals surface area (Å²) in [6, 6.07) is 8.01. The molecule has 0 aliphatic heterocycles. The molecular weight excluding hydrogens is 331 g/mol. The number of halogens is 4. The maximum absolute atomic E-state index is 13.4. The van der Waals surface area contributed by atoms with Gasteiger partial charge in [-0.2, -0.15) is 13.2 Å². The van der Waals surface area contributed by atoms with E-state index in [2.05, 4.69) is 9.83 Å². The first kappa shape index (κ1) is 15.2. The van der Waals surface area contributed by atoms with Crippen molar-refractivity contribution in [3.63, 3.8) is 0 Å². The lowest BCUT2D eigenvalue weighted by Gasteiger charge is -2.12. The molecule has 3 rings (SSSR count). The number of aromatic nitrogens is 2. The number of fused-ring (bicyclic) bond motifs is 1. The second-order valence-corrected chi connectivity index (χ2v) is 5.12. The molecule has 0 saturated carbocycles. The van der Waals surface area contributed by atoms with E-state index >= 15 is 0 Å². The van der Waals surface area contributed by atoms with Crippen molar-refractivity contribution < 1.29 is 13.2 Å². The Hall–Kier alpha value is -2.72. The Morgan fingerprint density at radius 1 is 1.22 bits per heavy atom. The predicted molar refractivity (Wildman–Crippen MR) is 80.2 cm³/mol. The molecule has 23 heavy (non-hydrogen) atoms. The number of nitrogens with zero attached hydrogens (tertiary/aromatic N) is 2. The highest BCUT2D eigenvalue weighted by atomic mass is 35.5. The van der Waals surface area contributed by atoms with Gasteiger partial charge in [-0.3, -0.25) is 4.57 Å². The molecule has 0 aliphatic carbocycles. The zero-order valence-corrected chi connectivity index (χ0v) is 12.0. The number of hydrogen-bond acceptors (Lipinski definition) is 1. The van der Waals surface area contributed by atoms with Crippen LogP contribution in [-0.4, -0.2) is 9.55 Å². The average Bonchev–Trinajstić information content (AvgIpc) is 2.81. The van der Waals surface area contributed by atoms with E-state index in [1.165, 1.54) is 18.2 Å². The second-order valence-electron chi connectivity index (χ2n) is 4.72. The highest BCUT2D eigenvalue weighted by Crippen LogP contribution is 2.38. The first-order valence-corrected chi connectivity index (χ1v) is 6.69. The topological polar surface area (TPSA) is 42.1 Å². The third-order valence-corrected chi connectivity index (χ3v) is 3.61. The SMILES string of the molecule is [C-]#[N+]c1cc(C(F)(F)F)c2c(c1)[nH]c(=O)n2-c1ccccc1Cl. The van der Waals surface area contributed by atoms with E-state index in [9.17, 15) is 18.0 Å². The lowest BCUT2D eigenvalue weighted by Crippen LogP contribution is -2.17. The molecule has 0 saturated heterocycles. The van der Waals surface area contributed by atoms with Crippen LogP contribution in [0.25, 0.3) is 21.6 Å². The minimum Gasteiger partial charge on any atom is -0.306 e. The first-order valence-electron chi connectivity index (χ1n) is 6.31. The Bertz CT molecular complexity index is 1010. The summed E-state index contributed by atoms with van der Waals surface area (Å²) in [5.41, 5.74) is -2.34. The van der Waals surface area contributed by atoms with Crippen molar-refractivity contribution in [2.24, 2.45) is 0 Å². The molecule has 1 heterocycles. The van der Waals surface area contributed by atoms with Crippen LogP contribution in [0.15, 0.2) is 41.2 Å². The number of aromatic amines is 1. The summed E-state index contributed by atoms with van der Waals surface area (Å²) >= 11 is 6.01. The molecule has 0 spiro atoms. The quantitative estimate of drug-likeness (QED) is 0.651. The molecular formula is C15H7ClF3N3O. The highest BCUT2D eigenvalue weighted by molar-refractivity contribution is 6.32. The number of H-pyrrole nitrogens is 1. The summed E-state index contributed by atoms with van der Waals surface area (Å²) in [7, 11) is 0. The van der Waals surface area contributed by atoms with Gasteiger partial charge in [-0.05, 0) is 24.3 Å². The molecule has 2 aromatic carbocycles. The molecule has 3 aromatic rings. The van der Waals surface area contributed by atoms with E-state index < -0.39 is 17.4 Å². The summed E-state index contributed by atoms with van der Waals surface area (Å²) in [6.07, 6.45) is -4.73. The number of rotatable bonds is 1. The average molecular weight is 338 g/mol. The number of alkyl halides is 3. The highest BCUT2D eigenvalue weighted by Gasteiger charge is 2.35. The van der Waals surface area contributed by atoms with Crippen LogP contribution in [0.5, 0.6) is 0 Å². The fourth-order valence-electron chi connectivity index (χ4n) is 2.37. The van der Waals surface area contributed by atoms with Crippen molar-refractivity contribution in [3.05, 3.63) is 68.9 Å². The van der Waals surface area contributed by atoms with Gasteiger partial charge in [-0.1, -0.05) is 23.7 Å². The summed E-state index contributed by atoms with van der Waals surface area (Å²) in [4.78, 5) is 17.5. The van der Waals surface area contributed by atoms with Crippen molar-refractivity contribution in [3.8, 4) is 5.69 Å². The maximum Gasteiger partial charge on any atom is 0.417 e. The lowest BCUT2D eigenvalue weighted by molar-refractivity contribution is -0.136. The zero-order valence-electron chi connectivity index (χ0n) is 11.3. The monoisotopic (exact) mass is 337 g/mol. The number of benzene rings is 2. The third-order valence-electron chi connectivity index (χ3n) is 3.29. The van der Waals surface area contributed by atoms with Crippen molar-refractivity contribution in [2.75, 3.05) is 0 Å². The molecule has 1 aromatic heterocycles. The van der Waals surface area contributed by atoms with Gasteiger partial charge < -0.3 is 4.98 Å². The number of nitrogens with one attached hydrogen (secondary N) is 1. The van der Waals surface area contributed by atoms with Crippen molar-refractivity contribution in [2.45, 2.75) is 6.18 Å². The van der Waals surface area contributed by atoms with Gasteiger partial charge in [0.2, 0.25) is 0 Å². The van der Waals surface area contributed by atoms with Crippen LogP contribution in [0.1, 0.15) is 5.56 Å². The number of imidazole rings is 1. The van der Waals surface area contributed by atoms with Crippen LogP contribution >= 0.6 is 11.6 Å². The minimum atomic E-state index is -4.73. The van der Waals surface area contributed by atoms with Gasteiger partial charge in [0.25, 0.3) is 0 Å². The Morgan fingerprint density at radius 2 is 1.91 bits per heavy atom. The normalized spacial score (nSPS) is 11.6. The Kier molecular flexibility index (Phi) is 3.42. The largest absolute Gasteiger partial charge is 0.417 e. The second kappa shape index (κ2) is 5.18. The van der Waals surface area contributed by atoms with Crippen LogP contribution in [0.3, 0.4) is 0 Å². The minimum absolute atomic E-state index is 0.0734. The fourth-order valence-corrected chi connectivity index (χ4v) is 2.59. The van der Waals surface area contributed by atoms with Gasteiger partial charge >= 0.3 is 11.9 Å². The first-order chi connectivity index (χ1) is 10.8. The van der Waals surface area contributed by atoms with Gasteiger partial charge in [-0.15, -0.1) is 0 Å². The van der Waals surface area contributed by atoms with E-state index in [0.29, 0.717) is 0 Å². The standard InChI is InChI=1S/C15H7ClF3N3O/c1-20-8-6-9(15(17,18)19)13-11(7-8)21-14(23)22(13)12-5-3-2-4-10(12)16/h2-7H,(H,21,23).